The van der Waals surface area contributed by atoms with Crippen LogP contribution >= 0.6 is 11.3 Å². The van der Waals surface area contributed by atoms with Gasteiger partial charge in [0.2, 0.25) is 10.0 Å². The van der Waals surface area contributed by atoms with Crippen LogP contribution in [0.15, 0.2) is 40.7 Å². The van der Waals surface area contributed by atoms with E-state index in [2.05, 4.69) is 9.71 Å². The van der Waals surface area contributed by atoms with Crippen LogP contribution in [0.25, 0.3) is 0 Å². The molecule has 0 spiro atoms. The average Bonchev–Trinajstić information content (AvgIpc) is 2.97. The quantitative estimate of drug-likeness (QED) is 0.794. The van der Waals surface area contributed by atoms with Crippen LogP contribution in [-0.4, -0.2) is 26.6 Å². The van der Waals surface area contributed by atoms with E-state index >= 15 is 0 Å². The summed E-state index contributed by atoms with van der Waals surface area (Å²) < 4.78 is 31.9. The van der Waals surface area contributed by atoms with Crippen LogP contribution in [0.3, 0.4) is 0 Å². The van der Waals surface area contributed by atoms with E-state index in [0.717, 1.165) is 5.01 Å². The van der Waals surface area contributed by atoms with E-state index in [4.69, 9.17) is 10.5 Å². The second-order valence-electron chi connectivity index (χ2n) is 3.86. The standard InChI is InChI=1S/C12H15N3O3S2/c13-5-7-18-10-1-3-11(4-2-10)20(16,17)15-9-12-14-6-8-19-12/h1-4,6,8,15H,5,7,9,13H2. The Labute approximate surface area is 121 Å². The van der Waals surface area contributed by atoms with Gasteiger partial charge in [-0.2, -0.15) is 0 Å². The van der Waals surface area contributed by atoms with Crippen molar-refractivity contribution in [3.63, 3.8) is 0 Å². The molecule has 1 heterocycles. The van der Waals surface area contributed by atoms with Crippen LogP contribution in [0.5, 0.6) is 5.75 Å². The Morgan fingerprint density at radius 3 is 2.65 bits per heavy atom. The second-order valence-corrected chi connectivity index (χ2v) is 6.61. The smallest absolute Gasteiger partial charge is 0.240 e. The van der Waals surface area contributed by atoms with Crippen molar-refractivity contribution in [3.8, 4) is 5.75 Å². The number of sulfonamides is 1. The Kier molecular flexibility index (Phi) is 5.07. The maximum atomic E-state index is 12.1. The SMILES string of the molecule is NCCOc1ccc(S(=O)(=O)NCc2nccs2)cc1. The minimum atomic E-state index is -3.54. The third kappa shape index (κ3) is 4.01. The van der Waals surface area contributed by atoms with Crippen molar-refractivity contribution in [1.29, 1.82) is 0 Å². The maximum absolute atomic E-state index is 12.1. The second kappa shape index (κ2) is 6.80. The molecule has 0 bridgehead atoms. The van der Waals surface area contributed by atoms with Crippen molar-refractivity contribution >= 4 is 21.4 Å². The summed E-state index contributed by atoms with van der Waals surface area (Å²) in [5.41, 5.74) is 5.33. The predicted octanol–water partition coefficient (Wildman–Crippen LogP) is 0.959. The number of nitrogens with one attached hydrogen (secondary N) is 1. The average molecular weight is 313 g/mol. The van der Waals surface area contributed by atoms with Gasteiger partial charge in [0.15, 0.2) is 0 Å². The first-order chi connectivity index (χ1) is 9.62. The number of ether oxygens (including phenoxy) is 1. The molecule has 0 atom stereocenters. The molecule has 2 aromatic rings. The van der Waals surface area contributed by atoms with E-state index in [9.17, 15) is 8.42 Å². The monoisotopic (exact) mass is 313 g/mol. The molecule has 0 aliphatic heterocycles. The van der Waals surface area contributed by atoms with Crippen molar-refractivity contribution in [3.05, 3.63) is 40.8 Å². The van der Waals surface area contributed by atoms with Gasteiger partial charge in [-0.15, -0.1) is 11.3 Å². The van der Waals surface area contributed by atoms with Gasteiger partial charge in [-0.25, -0.2) is 18.1 Å². The lowest BCUT2D eigenvalue weighted by molar-refractivity contribution is 0.328. The molecule has 0 aliphatic carbocycles. The van der Waals surface area contributed by atoms with E-state index in [0.29, 0.717) is 18.9 Å². The molecule has 0 unspecified atom stereocenters. The number of nitrogens with two attached hydrogens (primary N) is 1. The fourth-order valence-corrected chi connectivity index (χ4v) is 3.11. The zero-order valence-corrected chi connectivity index (χ0v) is 12.3. The maximum Gasteiger partial charge on any atom is 0.240 e. The molecular formula is C12H15N3O3S2. The summed E-state index contributed by atoms with van der Waals surface area (Å²) in [5.74, 6) is 0.592. The summed E-state index contributed by atoms with van der Waals surface area (Å²) >= 11 is 1.40. The third-order valence-corrected chi connectivity index (χ3v) is 4.61. The molecule has 0 saturated heterocycles. The lowest BCUT2D eigenvalue weighted by Crippen LogP contribution is -2.23. The molecule has 6 nitrogen and oxygen atoms in total. The molecule has 0 aliphatic rings. The molecule has 108 valence electrons. The number of rotatable bonds is 7. The number of thiazole rings is 1. The first-order valence-corrected chi connectivity index (χ1v) is 8.29. The lowest BCUT2D eigenvalue weighted by atomic mass is 10.3. The molecule has 0 amide bonds. The van der Waals surface area contributed by atoms with Gasteiger partial charge < -0.3 is 10.5 Å². The Bertz CT molecular complexity index is 624. The molecule has 20 heavy (non-hydrogen) atoms. The molecule has 3 N–H and O–H groups in total. The third-order valence-electron chi connectivity index (χ3n) is 2.42. The van der Waals surface area contributed by atoms with Crippen molar-refractivity contribution in [2.75, 3.05) is 13.2 Å². The van der Waals surface area contributed by atoms with Crippen LogP contribution in [0.2, 0.25) is 0 Å². The van der Waals surface area contributed by atoms with Crippen LogP contribution in [0, 0.1) is 0 Å². The molecule has 1 aromatic heterocycles. The molecule has 0 fully saturated rings. The normalized spacial score (nSPS) is 11.4. The zero-order chi connectivity index (χ0) is 14.4. The Hall–Kier alpha value is -1.48. The van der Waals surface area contributed by atoms with Crippen LogP contribution in [-0.2, 0) is 16.6 Å². The minimum Gasteiger partial charge on any atom is -0.492 e. The molecule has 2 rings (SSSR count). The Morgan fingerprint density at radius 2 is 2.05 bits per heavy atom. The fourth-order valence-electron chi connectivity index (χ4n) is 1.47. The summed E-state index contributed by atoms with van der Waals surface area (Å²) in [5, 5.41) is 2.52. The minimum absolute atomic E-state index is 0.186. The van der Waals surface area contributed by atoms with Gasteiger partial charge in [-0.3, -0.25) is 0 Å². The molecular weight excluding hydrogens is 298 g/mol. The van der Waals surface area contributed by atoms with Crippen LogP contribution in [0.4, 0.5) is 0 Å². The summed E-state index contributed by atoms with van der Waals surface area (Å²) in [7, 11) is -3.54. The number of benzene rings is 1. The summed E-state index contributed by atoms with van der Waals surface area (Å²) in [6, 6.07) is 6.20. The molecule has 1 aromatic carbocycles. The van der Waals surface area contributed by atoms with Crippen LogP contribution < -0.4 is 15.2 Å². The highest BCUT2D eigenvalue weighted by Crippen LogP contribution is 2.16. The van der Waals surface area contributed by atoms with E-state index in [1.165, 1.54) is 23.5 Å². The molecule has 8 heteroatoms. The number of aromatic nitrogens is 1. The summed E-state index contributed by atoms with van der Waals surface area (Å²) in [4.78, 5) is 4.21. The van der Waals surface area contributed by atoms with Gasteiger partial charge in [0.1, 0.15) is 17.4 Å². The van der Waals surface area contributed by atoms with Crippen molar-refractivity contribution < 1.29 is 13.2 Å². The highest BCUT2D eigenvalue weighted by atomic mass is 32.2. The Balaban J connectivity index is 2.01. The molecule has 0 saturated carbocycles. The Morgan fingerprint density at radius 1 is 1.30 bits per heavy atom. The van der Waals surface area contributed by atoms with Gasteiger partial charge in [-0.05, 0) is 24.3 Å². The zero-order valence-electron chi connectivity index (χ0n) is 10.7. The number of hydrogen-bond acceptors (Lipinski definition) is 6. The van der Waals surface area contributed by atoms with E-state index in [1.807, 2.05) is 0 Å². The highest BCUT2D eigenvalue weighted by Gasteiger charge is 2.14. The highest BCUT2D eigenvalue weighted by molar-refractivity contribution is 7.89. The largest absolute Gasteiger partial charge is 0.492 e. The first-order valence-electron chi connectivity index (χ1n) is 5.93. The van der Waals surface area contributed by atoms with Gasteiger partial charge >= 0.3 is 0 Å². The summed E-state index contributed by atoms with van der Waals surface area (Å²) in [6.07, 6.45) is 1.64. The topological polar surface area (TPSA) is 94.3 Å². The van der Waals surface area contributed by atoms with Crippen molar-refractivity contribution in [2.24, 2.45) is 5.73 Å². The van der Waals surface area contributed by atoms with Crippen LogP contribution in [0.1, 0.15) is 5.01 Å². The molecule has 0 radical (unpaired) electrons. The first kappa shape index (κ1) is 14.9. The van der Waals surface area contributed by atoms with E-state index in [1.54, 1.807) is 23.7 Å². The lowest BCUT2D eigenvalue weighted by Gasteiger charge is -2.07. The van der Waals surface area contributed by atoms with Crippen molar-refractivity contribution in [2.45, 2.75) is 11.4 Å². The van der Waals surface area contributed by atoms with Gasteiger partial charge in [0.05, 0.1) is 11.4 Å². The number of nitrogens with zero attached hydrogens (tertiary/aromatic N) is 1. The number of hydrogen-bond donors (Lipinski definition) is 2. The van der Waals surface area contributed by atoms with Gasteiger partial charge in [0.25, 0.3) is 0 Å². The van der Waals surface area contributed by atoms with Crippen molar-refractivity contribution in [1.82, 2.24) is 9.71 Å². The van der Waals surface area contributed by atoms with E-state index < -0.39 is 10.0 Å². The van der Waals surface area contributed by atoms with E-state index in [-0.39, 0.29) is 11.4 Å². The van der Waals surface area contributed by atoms with Gasteiger partial charge in [0, 0.05) is 18.1 Å². The predicted molar refractivity (Wildman–Crippen MR) is 77.1 cm³/mol. The summed E-state index contributed by atoms with van der Waals surface area (Å²) in [6.45, 7) is 0.995. The fraction of sp³-hybridized carbons (Fsp3) is 0.250. The van der Waals surface area contributed by atoms with Gasteiger partial charge in [-0.1, -0.05) is 0 Å².